The van der Waals surface area contributed by atoms with Crippen molar-refractivity contribution in [2.24, 2.45) is 5.16 Å². The summed E-state index contributed by atoms with van der Waals surface area (Å²) in [6, 6.07) is 11.7. The van der Waals surface area contributed by atoms with Crippen LogP contribution < -0.4 is 21.3 Å². The zero-order valence-electron chi connectivity index (χ0n) is 18.4. The maximum absolute atomic E-state index is 13.5. The molecule has 8 nitrogen and oxygen atoms in total. The van der Waals surface area contributed by atoms with Crippen LogP contribution in [0.5, 0.6) is 5.75 Å². The summed E-state index contributed by atoms with van der Waals surface area (Å²) in [5.41, 5.74) is 2.50. The van der Waals surface area contributed by atoms with E-state index in [2.05, 4.69) is 15.1 Å². The van der Waals surface area contributed by atoms with Crippen LogP contribution in [0.15, 0.2) is 64.9 Å². The van der Waals surface area contributed by atoms with E-state index in [1.54, 1.807) is 30.1 Å². The first kappa shape index (κ1) is 20.7. The van der Waals surface area contributed by atoms with E-state index in [4.69, 9.17) is 9.57 Å². The number of aryl methyl sites for hydroxylation is 1. The molecule has 1 aliphatic rings. The molecule has 1 unspecified atom stereocenters. The first-order valence-electron chi connectivity index (χ1n) is 10.4. The number of fused-ring (bicyclic) bond motifs is 1. The average Bonchev–Trinajstić information content (AvgIpc) is 3.38. The number of nitrogens with one attached hydrogen (secondary N) is 1. The quantitative estimate of drug-likeness (QED) is 0.518. The van der Waals surface area contributed by atoms with Crippen molar-refractivity contribution in [3.63, 3.8) is 0 Å². The number of aromatic nitrogens is 4. The van der Waals surface area contributed by atoms with Crippen molar-refractivity contribution in [1.29, 1.82) is 0 Å². The van der Waals surface area contributed by atoms with E-state index in [1.165, 1.54) is 12.1 Å². The minimum Gasteiger partial charge on any atom is -0.495 e. The molecule has 0 fully saturated rings. The number of hydrogen-bond acceptors (Lipinski definition) is 5. The number of aromatic amines is 1. The molecule has 1 N–H and O–H groups in total. The van der Waals surface area contributed by atoms with Crippen LogP contribution in [0.1, 0.15) is 23.7 Å². The molecule has 33 heavy (non-hydrogen) atoms. The van der Waals surface area contributed by atoms with E-state index in [0.29, 0.717) is 16.6 Å². The molecule has 0 radical (unpaired) electrons. The number of rotatable bonds is 4. The fourth-order valence-corrected chi connectivity index (χ4v) is 4.11. The van der Waals surface area contributed by atoms with Gasteiger partial charge in [-0.15, -0.1) is 0 Å². The lowest BCUT2D eigenvalue weighted by Crippen LogP contribution is -2.52. The summed E-state index contributed by atoms with van der Waals surface area (Å²) in [7, 11) is 1.60. The van der Waals surface area contributed by atoms with Crippen LogP contribution >= 0.6 is 0 Å². The topological polar surface area (TPSA) is 86.4 Å². The minimum absolute atomic E-state index is 0.148. The molecule has 4 aromatic rings. The third kappa shape index (κ3) is 3.51. The highest BCUT2D eigenvalue weighted by Gasteiger charge is 2.36. The van der Waals surface area contributed by atoms with Gasteiger partial charge < -0.3 is 19.1 Å². The highest BCUT2D eigenvalue weighted by Crippen LogP contribution is 2.26. The van der Waals surface area contributed by atoms with E-state index >= 15 is 0 Å². The molecule has 0 amide bonds. The Morgan fingerprint density at radius 1 is 1.24 bits per heavy atom. The number of methoxy groups -OCH3 is 1. The van der Waals surface area contributed by atoms with E-state index < -0.39 is 5.54 Å². The molecule has 1 atom stereocenters. The Kier molecular flexibility index (Phi) is 4.88. The number of nitrogens with zero attached hydrogens (tertiary/aromatic N) is 4. The summed E-state index contributed by atoms with van der Waals surface area (Å²) in [5, 5.41) is 4.64. The molecule has 0 spiro atoms. The number of benzene rings is 2. The number of hydrogen-bond donors (Lipinski definition) is 1. The zero-order valence-corrected chi connectivity index (χ0v) is 18.4. The molecule has 0 saturated carbocycles. The largest absolute Gasteiger partial charge is 0.495 e. The fourth-order valence-electron chi connectivity index (χ4n) is 4.11. The second kappa shape index (κ2) is 7.77. The van der Waals surface area contributed by atoms with Crippen LogP contribution in [0.2, 0.25) is 0 Å². The molecule has 2 aromatic heterocycles. The number of ether oxygens (including phenoxy) is 1. The van der Waals surface area contributed by atoms with Crippen molar-refractivity contribution in [2.45, 2.75) is 19.4 Å². The third-order valence-electron chi connectivity index (χ3n) is 5.86. The second-order valence-corrected chi connectivity index (χ2v) is 8.15. The maximum atomic E-state index is 13.5. The van der Waals surface area contributed by atoms with Gasteiger partial charge >= 0.3 is 5.69 Å². The van der Waals surface area contributed by atoms with Crippen molar-refractivity contribution in [3.8, 4) is 11.4 Å². The molecular formula is C24H22FN5O3. The van der Waals surface area contributed by atoms with Gasteiger partial charge in [0.05, 0.1) is 30.2 Å². The van der Waals surface area contributed by atoms with Crippen molar-refractivity contribution in [3.05, 3.63) is 98.9 Å². The minimum atomic E-state index is -0.842. The predicted molar refractivity (Wildman–Crippen MR) is 119 cm³/mol. The molecule has 3 heterocycles. The molecule has 168 valence electrons. The predicted octanol–water partition coefficient (Wildman–Crippen LogP) is 1.98. The Bertz CT molecular complexity index is 1520. The molecule has 9 heteroatoms. The van der Waals surface area contributed by atoms with Gasteiger partial charge in [0.1, 0.15) is 23.7 Å². The lowest BCUT2D eigenvalue weighted by atomic mass is 9.92. The van der Waals surface area contributed by atoms with Crippen LogP contribution in [0.3, 0.4) is 0 Å². The van der Waals surface area contributed by atoms with E-state index in [-0.39, 0.29) is 18.1 Å². The Hall–Kier alpha value is -4.14. The van der Waals surface area contributed by atoms with Crippen molar-refractivity contribution >= 4 is 6.08 Å². The maximum Gasteiger partial charge on any atom is 0.328 e. The Labute approximate surface area is 188 Å². The summed E-state index contributed by atoms with van der Waals surface area (Å²) < 4.78 is 22.5. The van der Waals surface area contributed by atoms with Gasteiger partial charge in [-0.2, -0.15) is 0 Å². The lowest BCUT2D eigenvalue weighted by molar-refractivity contribution is 0.0439. The first-order valence-corrected chi connectivity index (χ1v) is 10.4. The van der Waals surface area contributed by atoms with Crippen molar-refractivity contribution in [1.82, 2.24) is 19.1 Å². The highest BCUT2D eigenvalue weighted by molar-refractivity contribution is 5.58. The smallest absolute Gasteiger partial charge is 0.328 e. The highest BCUT2D eigenvalue weighted by atomic mass is 19.1. The SMILES string of the molecule is COc1cc(/C=c2/[nH]c(=O)n3c2=NOCC3(C)c2ccc(F)cc2)ccc1-n1cnc(C)c1. The van der Waals surface area contributed by atoms with Crippen molar-refractivity contribution < 1.29 is 14.0 Å². The molecule has 2 aromatic carbocycles. The summed E-state index contributed by atoms with van der Waals surface area (Å²) in [6.07, 6.45) is 5.45. The van der Waals surface area contributed by atoms with E-state index in [9.17, 15) is 9.18 Å². The van der Waals surface area contributed by atoms with Crippen molar-refractivity contribution in [2.75, 3.05) is 13.7 Å². The Morgan fingerprint density at radius 2 is 2.03 bits per heavy atom. The van der Waals surface area contributed by atoms with Gasteiger partial charge in [0, 0.05) is 6.20 Å². The van der Waals surface area contributed by atoms with E-state index in [0.717, 1.165) is 22.5 Å². The second-order valence-electron chi connectivity index (χ2n) is 8.15. The first-order chi connectivity index (χ1) is 15.9. The summed E-state index contributed by atoms with van der Waals surface area (Å²) >= 11 is 0. The van der Waals surface area contributed by atoms with Crippen LogP contribution in [0.4, 0.5) is 4.39 Å². The van der Waals surface area contributed by atoms with Gasteiger partial charge in [-0.1, -0.05) is 23.4 Å². The van der Waals surface area contributed by atoms with Gasteiger partial charge in [-0.25, -0.2) is 14.2 Å². The lowest BCUT2D eigenvalue weighted by Gasteiger charge is -2.31. The average molecular weight is 447 g/mol. The Morgan fingerprint density at radius 3 is 2.73 bits per heavy atom. The fraction of sp³-hybridized carbons (Fsp3) is 0.208. The van der Waals surface area contributed by atoms with Crippen LogP contribution in [-0.4, -0.2) is 32.8 Å². The monoisotopic (exact) mass is 447 g/mol. The number of H-pyrrole nitrogens is 1. The Balaban J connectivity index is 1.62. The normalized spacial score (nSPS) is 17.9. The van der Waals surface area contributed by atoms with Gasteiger partial charge in [0.15, 0.2) is 0 Å². The molecule has 1 aliphatic heterocycles. The zero-order chi connectivity index (χ0) is 23.2. The van der Waals surface area contributed by atoms with Gasteiger partial charge in [0.2, 0.25) is 5.49 Å². The molecule has 0 bridgehead atoms. The third-order valence-corrected chi connectivity index (χ3v) is 5.86. The molecular weight excluding hydrogens is 425 g/mol. The van der Waals surface area contributed by atoms with Crippen LogP contribution in [0, 0.1) is 12.7 Å². The standard InChI is InChI=1S/C24H22FN5O3/c1-15-12-29(14-26-15)20-9-4-16(11-21(20)32-3)10-19-22-28-33-13-24(2,30(22)23(31)27-19)17-5-7-18(25)8-6-17/h4-12,14H,13H2,1-3H3,(H,27,31)/b19-10+. The van der Waals surface area contributed by atoms with Crippen LogP contribution in [-0.2, 0) is 10.4 Å². The summed E-state index contributed by atoms with van der Waals surface area (Å²) in [5.74, 6) is 0.309. The summed E-state index contributed by atoms with van der Waals surface area (Å²) in [4.78, 5) is 25.6. The van der Waals surface area contributed by atoms with E-state index in [1.807, 2.05) is 48.9 Å². The number of halogens is 1. The van der Waals surface area contributed by atoms with Gasteiger partial charge in [-0.05, 0) is 55.3 Å². The summed E-state index contributed by atoms with van der Waals surface area (Å²) in [6.45, 7) is 3.93. The molecule has 5 rings (SSSR count). The molecule has 0 aliphatic carbocycles. The van der Waals surface area contributed by atoms with Gasteiger partial charge in [0.25, 0.3) is 0 Å². The molecule has 0 saturated heterocycles. The number of imidazole rings is 2. The van der Waals surface area contributed by atoms with Crippen LogP contribution in [0.25, 0.3) is 11.8 Å². The van der Waals surface area contributed by atoms with Gasteiger partial charge in [-0.3, -0.25) is 4.57 Å².